The molecular weight excluding hydrogens is 165 g/mol. The minimum Gasteiger partial charge on any atom is -0.214 e. The number of rotatable bonds is 1. The molecule has 1 rings (SSSR count). The average Bonchev–Trinajstić information content (AvgIpc) is 2.07. The summed E-state index contributed by atoms with van der Waals surface area (Å²) in [5, 5.41) is 0. The Kier molecular flexibility index (Phi) is 5.79. The van der Waals surface area contributed by atoms with Crippen LogP contribution in [0, 0.1) is 5.82 Å². The molecule has 0 nitrogen and oxygen atoms in total. The van der Waals surface area contributed by atoms with Gasteiger partial charge in [0.2, 0.25) is 6.93 Å². The van der Waals surface area contributed by atoms with Crippen molar-refractivity contribution in [2.45, 2.75) is 0 Å². The summed E-state index contributed by atoms with van der Waals surface area (Å²) >= 11 is 0. The fourth-order valence-electron chi connectivity index (χ4n) is 0.599. The first-order chi connectivity index (χ1) is 5.74. The maximum atomic E-state index is 12.2. The van der Waals surface area contributed by atoms with Crippen LogP contribution in [0.15, 0.2) is 30.8 Å². The lowest BCUT2D eigenvalue weighted by atomic mass is 10.2. The molecule has 0 unspecified atom stereocenters. The van der Waals surface area contributed by atoms with Crippen molar-refractivity contribution in [3.05, 3.63) is 42.2 Å². The van der Waals surface area contributed by atoms with Gasteiger partial charge in [0.15, 0.2) is 0 Å². The lowest BCUT2D eigenvalue weighted by molar-refractivity contribution is 0.295. The highest BCUT2D eigenvalue weighted by molar-refractivity contribution is 5.45. The number of hydrogen-bond donors (Lipinski definition) is 0. The van der Waals surface area contributed by atoms with Crippen LogP contribution in [0.3, 0.4) is 0 Å². The van der Waals surface area contributed by atoms with Crippen molar-refractivity contribution in [3.63, 3.8) is 0 Å². The van der Waals surface area contributed by atoms with Gasteiger partial charge in [-0.25, -0.2) is 13.2 Å². The van der Waals surface area contributed by atoms with E-state index >= 15 is 0 Å². The molecule has 0 bridgehead atoms. The summed E-state index contributed by atoms with van der Waals surface area (Å²) in [7, 11) is 0. The second-order valence-electron chi connectivity index (χ2n) is 1.86. The second-order valence-corrected chi connectivity index (χ2v) is 1.86. The molecule has 0 spiro atoms. The van der Waals surface area contributed by atoms with E-state index in [1.54, 1.807) is 18.2 Å². The lowest BCUT2D eigenvalue weighted by Gasteiger charge is -1.88. The van der Waals surface area contributed by atoms with Gasteiger partial charge in [0.1, 0.15) is 5.82 Å². The Hall–Kier alpha value is -1.25. The first kappa shape index (κ1) is 10.8. The van der Waals surface area contributed by atoms with Crippen molar-refractivity contribution in [3.8, 4) is 0 Å². The fourth-order valence-corrected chi connectivity index (χ4v) is 0.599. The highest BCUT2D eigenvalue weighted by Gasteiger charge is 1.85. The smallest absolute Gasteiger partial charge is 0.214 e. The van der Waals surface area contributed by atoms with Gasteiger partial charge in [-0.2, -0.15) is 0 Å². The summed E-state index contributed by atoms with van der Waals surface area (Å²) in [6.07, 6.45) is 1.68. The van der Waals surface area contributed by atoms with Gasteiger partial charge >= 0.3 is 0 Å². The second kappa shape index (κ2) is 6.46. The molecule has 1 aromatic rings. The lowest BCUT2D eigenvalue weighted by Crippen LogP contribution is -1.72. The van der Waals surface area contributed by atoms with Gasteiger partial charge in [-0.05, 0) is 17.7 Å². The first-order valence-electron chi connectivity index (χ1n) is 3.24. The monoisotopic (exact) mass is 174 g/mol. The Balaban J connectivity index is 0.000000354. The number of halogens is 3. The Labute approximate surface area is 69.3 Å². The molecule has 0 aliphatic carbocycles. The molecule has 66 valence electrons. The summed E-state index contributed by atoms with van der Waals surface area (Å²) in [6, 6.07) is 6.19. The van der Waals surface area contributed by atoms with Crippen molar-refractivity contribution in [1.29, 1.82) is 0 Å². The topological polar surface area (TPSA) is 0 Å². The van der Waals surface area contributed by atoms with Crippen LogP contribution in [0.2, 0.25) is 0 Å². The average molecular weight is 174 g/mol. The van der Waals surface area contributed by atoms with E-state index in [9.17, 15) is 13.2 Å². The van der Waals surface area contributed by atoms with Crippen LogP contribution in [-0.2, 0) is 0 Å². The van der Waals surface area contributed by atoms with Gasteiger partial charge in [-0.15, -0.1) is 0 Å². The molecule has 1 aromatic carbocycles. The van der Waals surface area contributed by atoms with E-state index < -0.39 is 6.93 Å². The van der Waals surface area contributed by atoms with E-state index in [2.05, 4.69) is 6.58 Å². The van der Waals surface area contributed by atoms with E-state index in [0.29, 0.717) is 0 Å². The molecule has 0 aliphatic rings. The predicted molar refractivity (Wildman–Crippen MR) is 43.6 cm³/mol. The highest BCUT2D eigenvalue weighted by Crippen LogP contribution is 2.02. The Morgan fingerprint density at radius 1 is 1.17 bits per heavy atom. The Morgan fingerprint density at radius 3 is 1.92 bits per heavy atom. The molecule has 12 heavy (non-hydrogen) atoms. The molecule has 3 heteroatoms. The number of alkyl halides is 2. The SMILES string of the molecule is C=Cc1ccc(F)cc1.FCF. The Morgan fingerprint density at radius 2 is 1.58 bits per heavy atom. The van der Waals surface area contributed by atoms with E-state index in [1.807, 2.05) is 0 Å². The molecule has 0 aromatic heterocycles. The molecule has 0 heterocycles. The molecular formula is C9H9F3. The van der Waals surface area contributed by atoms with Crippen LogP contribution in [-0.4, -0.2) is 6.93 Å². The fraction of sp³-hybridized carbons (Fsp3) is 0.111. The van der Waals surface area contributed by atoms with Crippen molar-refractivity contribution >= 4 is 6.08 Å². The van der Waals surface area contributed by atoms with Gasteiger partial charge in [0, 0.05) is 0 Å². The third-order valence-electron chi connectivity index (χ3n) is 1.11. The van der Waals surface area contributed by atoms with E-state index in [4.69, 9.17) is 0 Å². The van der Waals surface area contributed by atoms with Gasteiger partial charge in [-0.1, -0.05) is 24.8 Å². The summed E-state index contributed by atoms with van der Waals surface area (Å²) in [5.74, 6) is -0.208. The standard InChI is InChI=1S/C8H7F.CH2F2/c1-2-7-3-5-8(9)6-4-7;2-1-3/h2-6H,1H2;1H2. The van der Waals surface area contributed by atoms with Gasteiger partial charge in [-0.3, -0.25) is 0 Å². The third-order valence-corrected chi connectivity index (χ3v) is 1.11. The van der Waals surface area contributed by atoms with Crippen molar-refractivity contribution in [2.75, 3.05) is 6.93 Å². The summed E-state index contributed by atoms with van der Waals surface area (Å²) in [4.78, 5) is 0. The summed E-state index contributed by atoms with van der Waals surface area (Å²) < 4.78 is 31.4. The predicted octanol–water partition coefficient (Wildman–Crippen LogP) is 3.35. The maximum absolute atomic E-state index is 12.2. The third kappa shape index (κ3) is 4.55. The molecule has 0 radical (unpaired) electrons. The van der Waals surface area contributed by atoms with E-state index in [-0.39, 0.29) is 5.82 Å². The zero-order valence-electron chi connectivity index (χ0n) is 6.43. The molecule has 0 saturated carbocycles. The zero-order valence-corrected chi connectivity index (χ0v) is 6.43. The summed E-state index contributed by atoms with van der Waals surface area (Å²) in [6.45, 7) is 1.79. The quantitative estimate of drug-likeness (QED) is 0.612. The molecule has 0 amide bonds. The van der Waals surface area contributed by atoms with Gasteiger partial charge in [0.05, 0.1) is 0 Å². The molecule has 0 fully saturated rings. The van der Waals surface area contributed by atoms with Crippen molar-refractivity contribution in [2.24, 2.45) is 0 Å². The van der Waals surface area contributed by atoms with Crippen LogP contribution in [0.5, 0.6) is 0 Å². The van der Waals surface area contributed by atoms with Crippen LogP contribution in [0.4, 0.5) is 13.2 Å². The van der Waals surface area contributed by atoms with Gasteiger partial charge in [0.25, 0.3) is 0 Å². The van der Waals surface area contributed by atoms with Crippen LogP contribution < -0.4 is 0 Å². The Bertz CT molecular complexity index is 216. The maximum Gasteiger partial charge on any atom is 0.229 e. The molecule has 0 N–H and O–H groups in total. The van der Waals surface area contributed by atoms with Crippen molar-refractivity contribution in [1.82, 2.24) is 0 Å². The van der Waals surface area contributed by atoms with E-state index in [1.165, 1.54) is 12.1 Å². The highest BCUT2D eigenvalue weighted by atomic mass is 19.3. The molecule has 0 atom stereocenters. The molecule has 0 saturated heterocycles. The molecule has 0 aliphatic heterocycles. The van der Waals surface area contributed by atoms with Crippen LogP contribution >= 0.6 is 0 Å². The minimum atomic E-state index is -1.75. The van der Waals surface area contributed by atoms with Crippen LogP contribution in [0.25, 0.3) is 6.08 Å². The van der Waals surface area contributed by atoms with Crippen LogP contribution in [0.1, 0.15) is 5.56 Å². The summed E-state index contributed by atoms with van der Waals surface area (Å²) in [5.41, 5.74) is 0.941. The van der Waals surface area contributed by atoms with Gasteiger partial charge < -0.3 is 0 Å². The first-order valence-corrected chi connectivity index (χ1v) is 3.24. The number of benzene rings is 1. The van der Waals surface area contributed by atoms with Crippen molar-refractivity contribution < 1.29 is 13.2 Å². The normalized spacial score (nSPS) is 8.25. The zero-order chi connectivity index (χ0) is 9.40. The van der Waals surface area contributed by atoms with E-state index in [0.717, 1.165) is 5.56 Å². The largest absolute Gasteiger partial charge is 0.229 e. The minimum absolute atomic E-state index is 0.208. The number of hydrogen-bond acceptors (Lipinski definition) is 0.